The van der Waals surface area contributed by atoms with Crippen molar-refractivity contribution in [1.29, 1.82) is 0 Å². The fraction of sp³-hybridized carbons (Fsp3) is 0.381. The molecule has 2 heterocycles. The third-order valence-electron chi connectivity index (χ3n) is 5.61. The molecule has 3 aliphatic rings. The Kier molecular flexibility index (Phi) is 3.79. The quantitative estimate of drug-likeness (QED) is 0.808. The minimum atomic E-state index is -0.315. The second-order valence-electron chi connectivity index (χ2n) is 6.90. The number of amides is 1. The number of carbonyl (C=O) groups is 1. The summed E-state index contributed by atoms with van der Waals surface area (Å²) < 4.78 is 27.9. The molecule has 7 heteroatoms. The summed E-state index contributed by atoms with van der Waals surface area (Å²) >= 11 is 0. The summed E-state index contributed by atoms with van der Waals surface area (Å²) in [6.45, 7) is 2.91. The molecular formula is C21H21NO6. The Morgan fingerprint density at radius 3 is 2.68 bits per heavy atom. The van der Waals surface area contributed by atoms with Crippen molar-refractivity contribution in [3.05, 3.63) is 34.9 Å². The number of fused-ring (bicyclic) bond motifs is 4. The van der Waals surface area contributed by atoms with E-state index in [0.717, 1.165) is 34.2 Å². The maximum Gasteiger partial charge on any atom is 0.410 e. The van der Waals surface area contributed by atoms with Gasteiger partial charge in [0.25, 0.3) is 0 Å². The zero-order valence-electron chi connectivity index (χ0n) is 16.0. The van der Waals surface area contributed by atoms with Crippen molar-refractivity contribution < 1.29 is 28.5 Å². The van der Waals surface area contributed by atoms with Gasteiger partial charge in [-0.25, -0.2) is 4.79 Å². The summed E-state index contributed by atoms with van der Waals surface area (Å²) in [7, 11) is 3.27. The second-order valence-corrected chi connectivity index (χ2v) is 6.90. The van der Waals surface area contributed by atoms with Gasteiger partial charge in [-0.15, -0.1) is 0 Å². The highest BCUT2D eigenvalue weighted by atomic mass is 16.7. The number of methoxy groups -OCH3 is 2. The number of hydrogen-bond donors (Lipinski definition) is 0. The lowest BCUT2D eigenvalue weighted by Crippen LogP contribution is -2.40. The van der Waals surface area contributed by atoms with Crippen LogP contribution in [0.3, 0.4) is 0 Å². The van der Waals surface area contributed by atoms with Gasteiger partial charge in [-0.2, -0.15) is 0 Å². The van der Waals surface area contributed by atoms with E-state index in [4.69, 9.17) is 23.7 Å². The molecular weight excluding hydrogens is 362 g/mol. The molecule has 1 amide bonds. The smallest absolute Gasteiger partial charge is 0.410 e. The summed E-state index contributed by atoms with van der Waals surface area (Å²) in [4.78, 5) is 14.5. The van der Waals surface area contributed by atoms with Crippen molar-refractivity contribution >= 4 is 6.09 Å². The predicted octanol–water partition coefficient (Wildman–Crippen LogP) is 3.52. The first kappa shape index (κ1) is 17.0. The molecule has 1 unspecified atom stereocenters. The monoisotopic (exact) mass is 383 g/mol. The molecule has 146 valence electrons. The summed E-state index contributed by atoms with van der Waals surface area (Å²) in [6.07, 6.45) is 0.406. The minimum Gasteiger partial charge on any atom is -0.493 e. The van der Waals surface area contributed by atoms with Crippen LogP contribution in [0.4, 0.5) is 4.79 Å². The average Bonchev–Trinajstić information content (AvgIpc) is 3.30. The van der Waals surface area contributed by atoms with Gasteiger partial charge in [0.15, 0.2) is 23.0 Å². The van der Waals surface area contributed by atoms with Gasteiger partial charge in [-0.1, -0.05) is 0 Å². The normalized spacial score (nSPS) is 17.8. The SMILES string of the molecule is CCOC(=O)N1CCc2cc(OC)c(OC)c3c2C1c1cc2c(cc1-3)OCO2. The van der Waals surface area contributed by atoms with Crippen molar-refractivity contribution in [3.63, 3.8) is 0 Å². The van der Waals surface area contributed by atoms with E-state index in [1.807, 2.05) is 25.1 Å². The maximum absolute atomic E-state index is 12.7. The van der Waals surface area contributed by atoms with Gasteiger partial charge in [-0.3, -0.25) is 4.90 Å². The molecule has 7 nitrogen and oxygen atoms in total. The van der Waals surface area contributed by atoms with Crippen LogP contribution in [-0.4, -0.2) is 45.2 Å². The molecule has 28 heavy (non-hydrogen) atoms. The fourth-order valence-corrected chi connectivity index (χ4v) is 4.50. The lowest BCUT2D eigenvalue weighted by Gasteiger charge is -2.35. The molecule has 0 radical (unpaired) electrons. The highest BCUT2D eigenvalue weighted by Gasteiger charge is 2.44. The van der Waals surface area contributed by atoms with E-state index in [2.05, 4.69) is 0 Å². The first-order valence-corrected chi connectivity index (χ1v) is 9.33. The largest absolute Gasteiger partial charge is 0.493 e. The van der Waals surface area contributed by atoms with Crippen LogP contribution in [0, 0.1) is 0 Å². The number of ether oxygens (including phenoxy) is 5. The van der Waals surface area contributed by atoms with Crippen molar-refractivity contribution in [2.75, 3.05) is 34.2 Å². The van der Waals surface area contributed by atoms with Crippen LogP contribution < -0.4 is 18.9 Å². The molecule has 0 saturated heterocycles. The summed E-state index contributed by atoms with van der Waals surface area (Å²) in [5.74, 6) is 2.73. The molecule has 0 N–H and O–H groups in total. The van der Waals surface area contributed by atoms with Gasteiger partial charge in [0.1, 0.15) is 0 Å². The van der Waals surface area contributed by atoms with Crippen LogP contribution in [0.15, 0.2) is 18.2 Å². The van der Waals surface area contributed by atoms with E-state index >= 15 is 0 Å². The van der Waals surface area contributed by atoms with Gasteiger partial charge < -0.3 is 23.7 Å². The van der Waals surface area contributed by atoms with Crippen LogP contribution in [-0.2, 0) is 11.2 Å². The summed E-state index contributed by atoms with van der Waals surface area (Å²) in [5.41, 5.74) is 5.12. The van der Waals surface area contributed by atoms with Gasteiger partial charge in [0.2, 0.25) is 6.79 Å². The third-order valence-corrected chi connectivity index (χ3v) is 5.61. The number of rotatable bonds is 3. The lowest BCUT2D eigenvalue weighted by atomic mass is 9.91. The van der Waals surface area contributed by atoms with E-state index in [1.165, 1.54) is 0 Å². The molecule has 0 aromatic heterocycles. The molecule has 0 spiro atoms. The van der Waals surface area contributed by atoms with Gasteiger partial charge in [0, 0.05) is 12.1 Å². The number of carbonyl (C=O) groups excluding carboxylic acids is 1. The second kappa shape index (κ2) is 6.22. The van der Waals surface area contributed by atoms with Crippen LogP contribution in [0.25, 0.3) is 11.1 Å². The maximum atomic E-state index is 12.7. The Balaban J connectivity index is 1.79. The van der Waals surface area contributed by atoms with E-state index in [-0.39, 0.29) is 18.9 Å². The molecule has 5 rings (SSSR count). The molecule has 2 aromatic carbocycles. The summed E-state index contributed by atoms with van der Waals surface area (Å²) in [5, 5.41) is 0. The van der Waals surface area contributed by atoms with Crippen molar-refractivity contribution in [3.8, 4) is 34.1 Å². The summed E-state index contributed by atoms with van der Waals surface area (Å²) in [6, 6.07) is 5.70. The van der Waals surface area contributed by atoms with Crippen LogP contribution in [0.1, 0.15) is 29.7 Å². The Bertz CT molecular complexity index is 986. The Labute approximate surface area is 162 Å². The molecule has 2 aliphatic heterocycles. The number of hydrogen-bond acceptors (Lipinski definition) is 6. The number of nitrogens with zero attached hydrogens (tertiary/aromatic N) is 1. The lowest BCUT2D eigenvalue weighted by molar-refractivity contribution is 0.0944. The van der Waals surface area contributed by atoms with Gasteiger partial charge in [-0.05, 0) is 53.8 Å². The highest BCUT2D eigenvalue weighted by molar-refractivity contribution is 5.90. The number of benzene rings is 2. The van der Waals surface area contributed by atoms with Crippen molar-refractivity contribution in [2.24, 2.45) is 0 Å². The molecule has 0 bridgehead atoms. The Morgan fingerprint density at radius 1 is 1.18 bits per heavy atom. The third kappa shape index (κ3) is 2.19. The molecule has 0 fully saturated rings. The van der Waals surface area contributed by atoms with Crippen LogP contribution in [0.5, 0.6) is 23.0 Å². The van der Waals surface area contributed by atoms with Gasteiger partial charge in [0.05, 0.1) is 26.9 Å². The Morgan fingerprint density at radius 2 is 1.96 bits per heavy atom. The molecule has 1 aliphatic carbocycles. The van der Waals surface area contributed by atoms with Crippen molar-refractivity contribution in [2.45, 2.75) is 19.4 Å². The van der Waals surface area contributed by atoms with Crippen LogP contribution in [0.2, 0.25) is 0 Å². The minimum absolute atomic E-state index is 0.192. The van der Waals surface area contributed by atoms with E-state index in [0.29, 0.717) is 36.1 Å². The first-order valence-electron chi connectivity index (χ1n) is 9.33. The van der Waals surface area contributed by atoms with E-state index in [1.54, 1.807) is 19.1 Å². The van der Waals surface area contributed by atoms with Crippen molar-refractivity contribution in [1.82, 2.24) is 4.90 Å². The van der Waals surface area contributed by atoms with E-state index in [9.17, 15) is 4.79 Å². The topological polar surface area (TPSA) is 66.5 Å². The zero-order valence-corrected chi connectivity index (χ0v) is 16.0. The Hall–Kier alpha value is -3.09. The fourth-order valence-electron chi connectivity index (χ4n) is 4.50. The molecule has 0 saturated carbocycles. The highest BCUT2D eigenvalue weighted by Crippen LogP contribution is 2.58. The molecule has 1 atom stereocenters. The molecule has 2 aromatic rings. The average molecular weight is 383 g/mol. The van der Waals surface area contributed by atoms with Crippen LogP contribution >= 0.6 is 0 Å². The first-order chi connectivity index (χ1) is 13.7. The van der Waals surface area contributed by atoms with Gasteiger partial charge >= 0.3 is 6.09 Å². The zero-order chi connectivity index (χ0) is 19.4. The van der Waals surface area contributed by atoms with E-state index < -0.39 is 0 Å². The standard InChI is InChI=1S/C21H21NO6/c1-4-26-21(23)22-6-5-11-7-16(24-2)20(25-3)18-12-8-14-15(28-10-27-14)9-13(12)19(22)17(11)18/h7-9,19H,4-6,10H2,1-3H3. The predicted molar refractivity (Wildman–Crippen MR) is 100 cm³/mol.